The first-order valence-electron chi connectivity index (χ1n) is 3.88. The van der Waals surface area contributed by atoms with Crippen LogP contribution in [0.3, 0.4) is 0 Å². The molecule has 0 rings (SSSR count). The van der Waals surface area contributed by atoms with Gasteiger partial charge in [0.05, 0.1) is 0 Å². The third-order valence-corrected chi connectivity index (χ3v) is 6.07. The lowest BCUT2D eigenvalue weighted by Crippen LogP contribution is -2.33. The van der Waals surface area contributed by atoms with E-state index in [9.17, 15) is 0 Å². The Morgan fingerprint density at radius 2 is 1.80 bits per heavy atom. The molecule has 0 aromatic rings. The van der Waals surface area contributed by atoms with Gasteiger partial charge in [0.1, 0.15) is 0 Å². The van der Waals surface area contributed by atoms with Crippen molar-refractivity contribution < 1.29 is 4.43 Å². The van der Waals surface area contributed by atoms with Gasteiger partial charge in [-0.3, -0.25) is 0 Å². The highest BCUT2D eigenvalue weighted by Crippen LogP contribution is 2.15. The van der Waals surface area contributed by atoms with Gasteiger partial charge < -0.3 is 4.43 Å². The van der Waals surface area contributed by atoms with Crippen molar-refractivity contribution in [2.75, 3.05) is 12.5 Å². The maximum absolute atomic E-state index is 5.68. The molecule has 10 heavy (non-hydrogen) atoms. The summed E-state index contributed by atoms with van der Waals surface area (Å²) in [6, 6.07) is 2.39. The Morgan fingerprint density at radius 1 is 1.30 bits per heavy atom. The fourth-order valence-electron chi connectivity index (χ4n) is 0.739. The third kappa shape index (κ3) is 3.59. The molecule has 62 valence electrons. The van der Waals surface area contributed by atoms with Crippen molar-refractivity contribution in [3.63, 3.8) is 0 Å². The van der Waals surface area contributed by atoms with Gasteiger partial charge >= 0.3 is 0 Å². The van der Waals surface area contributed by atoms with Gasteiger partial charge in [0.25, 0.3) is 0 Å². The average molecular weight is 181 g/mol. The smallest absolute Gasteiger partial charge is 0.189 e. The molecule has 0 radical (unpaired) electrons. The first kappa shape index (κ1) is 10.5. The van der Waals surface area contributed by atoms with Crippen LogP contribution in [0, 0.1) is 0 Å². The van der Waals surface area contributed by atoms with Crippen LogP contribution < -0.4 is 0 Å². The molecule has 3 heteroatoms. The van der Waals surface area contributed by atoms with Crippen LogP contribution in [0.2, 0.25) is 18.6 Å². The average Bonchev–Trinajstić information content (AvgIpc) is 2.00. The lowest BCUT2D eigenvalue weighted by atomic mass is 10.9. The number of halogens is 1. The number of alkyl halides is 1. The summed E-state index contributed by atoms with van der Waals surface area (Å²) < 4.78 is 5.68. The number of hydrogen-bond donors (Lipinski definition) is 0. The van der Waals surface area contributed by atoms with E-state index in [1.165, 1.54) is 12.1 Å². The minimum Gasteiger partial charge on any atom is -0.416 e. The summed E-state index contributed by atoms with van der Waals surface area (Å²) >= 11 is 5.52. The normalized spacial score (nSPS) is 12.0. The Kier molecular flexibility index (Phi) is 5.40. The predicted octanol–water partition coefficient (Wildman–Crippen LogP) is 2.86. The van der Waals surface area contributed by atoms with Gasteiger partial charge in [-0.05, 0) is 18.6 Å². The van der Waals surface area contributed by atoms with Gasteiger partial charge in [-0.2, -0.15) is 0 Å². The maximum atomic E-state index is 5.68. The van der Waals surface area contributed by atoms with Crippen LogP contribution in [0.4, 0.5) is 0 Å². The molecule has 0 heterocycles. The molecule has 0 bridgehead atoms. The molecule has 0 amide bonds. The molecule has 0 N–H and O–H groups in total. The van der Waals surface area contributed by atoms with Gasteiger partial charge in [-0.15, -0.1) is 11.6 Å². The summed E-state index contributed by atoms with van der Waals surface area (Å²) in [5, 5.41) is 0. The quantitative estimate of drug-likeness (QED) is 0.467. The van der Waals surface area contributed by atoms with E-state index in [1.807, 2.05) is 0 Å². The molecule has 0 aromatic carbocycles. The summed E-state index contributed by atoms with van der Waals surface area (Å²) in [7, 11) is -1.30. The van der Waals surface area contributed by atoms with Crippen molar-refractivity contribution in [2.45, 2.75) is 32.5 Å². The molecule has 1 nitrogen and oxygen atoms in total. The summed E-state index contributed by atoms with van der Waals surface area (Å²) in [6.07, 6.45) is 0. The zero-order valence-electron chi connectivity index (χ0n) is 7.11. The molecule has 0 spiro atoms. The highest BCUT2D eigenvalue weighted by atomic mass is 35.5. The van der Waals surface area contributed by atoms with Crippen LogP contribution in [0.15, 0.2) is 0 Å². The molecule has 0 fully saturated rings. The minimum atomic E-state index is -1.30. The van der Waals surface area contributed by atoms with E-state index in [1.54, 1.807) is 0 Å². The van der Waals surface area contributed by atoms with Crippen LogP contribution in [-0.2, 0) is 4.43 Å². The van der Waals surface area contributed by atoms with E-state index in [-0.39, 0.29) is 0 Å². The van der Waals surface area contributed by atoms with Crippen LogP contribution in [0.1, 0.15) is 13.8 Å². The topological polar surface area (TPSA) is 9.23 Å². The van der Waals surface area contributed by atoms with Crippen LogP contribution in [0.25, 0.3) is 0 Å². The highest BCUT2D eigenvalue weighted by Gasteiger charge is 2.23. The highest BCUT2D eigenvalue weighted by molar-refractivity contribution is 6.72. The van der Waals surface area contributed by atoms with Crippen molar-refractivity contribution >= 4 is 19.9 Å². The van der Waals surface area contributed by atoms with Crippen LogP contribution >= 0.6 is 11.6 Å². The van der Waals surface area contributed by atoms with Gasteiger partial charge in [0.15, 0.2) is 8.32 Å². The fraction of sp³-hybridized carbons (Fsp3) is 1.00. The van der Waals surface area contributed by atoms with Gasteiger partial charge in [-0.1, -0.05) is 13.8 Å². The largest absolute Gasteiger partial charge is 0.416 e. The monoisotopic (exact) mass is 180 g/mol. The SMILES string of the molecule is CC[Si](C)(CC)OCCCl. The molecule has 0 aliphatic heterocycles. The summed E-state index contributed by atoms with van der Waals surface area (Å²) in [4.78, 5) is 0. The molecular weight excluding hydrogens is 164 g/mol. The second-order valence-electron chi connectivity index (χ2n) is 2.69. The van der Waals surface area contributed by atoms with Gasteiger partial charge in [0, 0.05) is 12.5 Å². The maximum Gasteiger partial charge on any atom is 0.189 e. The Labute approximate surface area is 69.9 Å². The molecule has 0 aliphatic rings. The number of rotatable bonds is 5. The van der Waals surface area contributed by atoms with Gasteiger partial charge in [-0.25, -0.2) is 0 Å². The lowest BCUT2D eigenvalue weighted by molar-refractivity contribution is 0.328. The van der Waals surface area contributed by atoms with Crippen molar-refractivity contribution in [1.29, 1.82) is 0 Å². The molecule has 0 unspecified atom stereocenters. The van der Waals surface area contributed by atoms with E-state index >= 15 is 0 Å². The molecule has 0 saturated carbocycles. The van der Waals surface area contributed by atoms with E-state index in [0.717, 1.165) is 6.61 Å². The standard InChI is InChI=1S/C7H17ClOSi/c1-4-10(3,5-2)9-7-6-8/h4-7H2,1-3H3. The predicted molar refractivity (Wildman–Crippen MR) is 49.3 cm³/mol. The Balaban J connectivity index is 3.58. The van der Waals surface area contributed by atoms with Crippen molar-refractivity contribution in [2.24, 2.45) is 0 Å². The zero-order chi connectivity index (χ0) is 8.04. The number of hydrogen-bond acceptors (Lipinski definition) is 1. The molecule has 0 aliphatic carbocycles. The first-order chi connectivity index (χ1) is 4.68. The fourth-order valence-corrected chi connectivity index (χ4v) is 2.45. The Morgan fingerprint density at radius 3 is 2.10 bits per heavy atom. The van der Waals surface area contributed by atoms with Crippen LogP contribution in [-0.4, -0.2) is 20.8 Å². The summed E-state index contributed by atoms with van der Waals surface area (Å²) in [5.41, 5.74) is 0. The van der Waals surface area contributed by atoms with E-state index in [4.69, 9.17) is 16.0 Å². The van der Waals surface area contributed by atoms with Crippen LogP contribution in [0.5, 0.6) is 0 Å². The third-order valence-electron chi connectivity index (χ3n) is 2.02. The lowest BCUT2D eigenvalue weighted by Gasteiger charge is -2.23. The molecule has 0 atom stereocenters. The minimum absolute atomic E-state index is 0.628. The molecule has 0 aromatic heterocycles. The van der Waals surface area contributed by atoms with E-state index in [2.05, 4.69) is 20.4 Å². The molecule has 0 saturated heterocycles. The Bertz CT molecular complexity index is 83.7. The first-order valence-corrected chi connectivity index (χ1v) is 7.24. The molecular formula is C7H17ClOSi. The second-order valence-corrected chi connectivity index (χ2v) is 7.68. The summed E-state index contributed by atoms with van der Waals surface area (Å²) in [5.74, 6) is 0.628. The van der Waals surface area contributed by atoms with Crippen molar-refractivity contribution in [3.8, 4) is 0 Å². The van der Waals surface area contributed by atoms with E-state index in [0.29, 0.717) is 5.88 Å². The van der Waals surface area contributed by atoms with Crippen molar-refractivity contribution in [1.82, 2.24) is 0 Å². The van der Waals surface area contributed by atoms with E-state index < -0.39 is 8.32 Å². The zero-order valence-corrected chi connectivity index (χ0v) is 8.87. The summed E-state index contributed by atoms with van der Waals surface area (Å²) in [6.45, 7) is 7.39. The Hall–Kier alpha value is 0.467. The second kappa shape index (κ2) is 5.16. The van der Waals surface area contributed by atoms with Gasteiger partial charge in [0.2, 0.25) is 0 Å². The van der Waals surface area contributed by atoms with Crippen molar-refractivity contribution in [3.05, 3.63) is 0 Å².